The summed E-state index contributed by atoms with van der Waals surface area (Å²) in [5.41, 5.74) is -3.61. The summed E-state index contributed by atoms with van der Waals surface area (Å²) in [4.78, 5) is 22.7. The summed E-state index contributed by atoms with van der Waals surface area (Å²) < 4.78 is 40.1. The Bertz CT molecular complexity index is 789. The van der Waals surface area contributed by atoms with Crippen molar-refractivity contribution in [3.05, 3.63) is 39.4 Å². The number of aryl methyl sites for hydroxylation is 1. The van der Waals surface area contributed by atoms with Gasteiger partial charge in [-0.2, -0.15) is 23.3 Å². The average Bonchev–Trinajstić information content (AvgIpc) is 3.28. The van der Waals surface area contributed by atoms with Crippen LogP contribution in [-0.2, 0) is 0 Å². The van der Waals surface area contributed by atoms with E-state index in [0.717, 1.165) is 18.2 Å². The number of halogens is 3. The molecule has 0 radical (unpaired) electrons. The lowest BCUT2D eigenvalue weighted by Gasteiger charge is -2.32. The van der Waals surface area contributed by atoms with E-state index in [2.05, 4.69) is 5.10 Å². The monoisotopic (exact) mass is 357 g/mol. The molecule has 1 atom stereocenters. The van der Waals surface area contributed by atoms with Crippen LogP contribution in [0.25, 0.3) is 0 Å². The highest BCUT2D eigenvalue weighted by Crippen LogP contribution is 2.45. The minimum Gasteiger partial charge on any atom is -0.362 e. The normalized spacial score (nSPS) is 23.6. The molecule has 1 aromatic carbocycles. The molecule has 1 aromatic rings. The molecule has 2 aliphatic rings. The molecule has 1 aliphatic carbocycles. The smallest absolute Gasteiger partial charge is 0.362 e. The zero-order valence-electron chi connectivity index (χ0n) is 13.1. The Morgan fingerprint density at radius 2 is 2.08 bits per heavy atom. The van der Waals surface area contributed by atoms with Crippen molar-refractivity contribution in [2.45, 2.75) is 38.1 Å². The molecule has 1 fully saturated rings. The van der Waals surface area contributed by atoms with Crippen molar-refractivity contribution in [3.8, 4) is 0 Å². The number of alkyl halides is 3. The van der Waals surface area contributed by atoms with Crippen molar-refractivity contribution in [3.63, 3.8) is 0 Å². The molecule has 0 saturated heterocycles. The minimum absolute atomic E-state index is 0.0568. The van der Waals surface area contributed by atoms with Crippen LogP contribution in [0, 0.1) is 23.0 Å². The molecule has 0 unspecified atom stereocenters. The van der Waals surface area contributed by atoms with E-state index in [1.807, 2.05) is 0 Å². The van der Waals surface area contributed by atoms with Crippen LogP contribution in [-0.4, -0.2) is 38.6 Å². The molecule has 7 nitrogen and oxygen atoms in total. The number of hydrogen-bond acceptors (Lipinski definition) is 5. The third kappa shape index (κ3) is 2.86. The van der Waals surface area contributed by atoms with Crippen molar-refractivity contribution >= 4 is 17.3 Å². The Morgan fingerprint density at radius 3 is 2.56 bits per heavy atom. The van der Waals surface area contributed by atoms with Gasteiger partial charge in [0.1, 0.15) is 0 Å². The standard InChI is InChI=1S/C15H14F3N3O4/c1-8-6-10(4-5-12(8)21(24)25)13(22)20-14(23,15(16,17)18)7-11(19-20)9-2-3-9/h4-6,9,23H,2-3,7H2,1H3/t14-/m0/s1. The predicted molar refractivity (Wildman–Crippen MR) is 79.8 cm³/mol. The van der Waals surface area contributed by atoms with Crippen LogP contribution in [0.1, 0.15) is 35.2 Å². The molecule has 1 saturated carbocycles. The number of carbonyl (C=O) groups excluding carboxylic acids is 1. The molecule has 1 heterocycles. The number of hydrazone groups is 1. The number of aliphatic hydroxyl groups is 1. The highest BCUT2D eigenvalue weighted by molar-refractivity contribution is 5.99. The van der Waals surface area contributed by atoms with Crippen molar-refractivity contribution in [2.24, 2.45) is 11.0 Å². The SMILES string of the molecule is Cc1cc(C(=O)N2N=C(C3CC3)C[C@]2(O)C(F)(F)F)ccc1[N+](=O)[O-]. The zero-order valence-corrected chi connectivity index (χ0v) is 13.1. The number of rotatable bonds is 3. The van der Waals surface area contributed by atoms with Crippen molar-refractivity contribution in [1.29, 1.82) is 0 Å². The summed E-state index contributed by atoms with van der Waals surface area (Å²) >= 11 is 0. The van der Waals surface area contributed by atoms with Gasteiger partial charge < -0.3 is 5.11 Å². The van der Waals surface area contributed by atoms with E-state index in [4.69, 9.17) is 0 Å². The van der Waals surface area contributed by atoms with E-state index in [9.17, 15) is 33.2 Å². The van der Waals surface area contributed by atoms with Crippen LogP contribution in [0.3, 0.4) is 0 Å². The maximum absolute atomic E-state index is 13.4. The van der Waals surface area contributed by atoms with E-state index in [0.29, 0.717) is 12.8 Å². The summed E-state index contributed by atoms with van der Waals surface area (Å²) in [6.07, 6.45) is -4.52. The van der Waals surface area contributed by atoms with Crippen molar-refractivity contribution < 1.29 is 28.0 Å². The predicted octanol–water partition coefficient (Wildman–Crippen LogP) is 2.77. The Labute approximate surface area is 139 Å². The first kappa shape index (κ1) is 17.3. The first-order valence-electron chi connectivity index (χ1n) is 7.50. The van der Waals surface area contributed by atoms with Crippen LogP contribution in [0.4, 0.5) is 18.9 Å². The Hall–Kier alpha value is -2.49. The summed E-state index contributed by atoms with van der Waals surface area (Å²) in [7, 11) is 0. The molecule has 1 aliphatic heterocycles. The first-order chi connectivity index (χ1) is 11.5. The number of nitro groups is 1. The third-order valence-electron chi connectivity index (χ3n) is 4.34. The lowest BCUT2D eigenvalue weighted by atomic mass is 10.0. The van der Waals surface area contributed by atoms with Gasteiger partial charge in [-0.15, -0.1) is 0 Å². The highest BCUT2D eigenvalue weighted by atomic mass is 19.4. The first-order valence-corrected chi connectivity index (χ1v) is 7.50. The molecular weight excluding hydrogens is 343 g/mol. The lowest BCUT2D eigenvalue weighted by Crippen LogP contribution is -2.56. The van der Waals surface area contributed by atoms with Gasteiger partial charge in [0, 0.05) is 29.3 Å². The summed E-state index contributed by atoms with van der Waals surface area (Å²) in [6.45, 7) is 1.37. The van der Waals surface area contributed by atoms with E-state index in [-0.39, 0.29) is 33.5 Å². The highest BCUT2D eigenvalue weighted by Gasteiger charge is 2.64. The Morgan fingerprint density at radius 1 is 1.44 bits per heavy atom. The Balaban J connectivity index is 1.98. The van der Waals surface area contributed by atoms with Gasteiger partial charge >= 0.3 is 6.18 Å². The maximum Gasteiger partial charge on any atom is 0.438 e. The van der Waals surface area contributed by atoms with Crippen LogP contribution in [0.15, 0.2) is 23.3 Å². The summed E-state index contributed by atoms with van der Waals surface area (Å²) in [6, 6.07) is 3.20. The minimum atomic E-state index is -5.08. The molecule has 0 bridgehead atoms. The molecule has 3 rings (SSSR count). The zero-order chi connectivity index (χ0) is 18.6. The fourth-order valence-electron chi connectivity index (χ4n) is 2.77. The Kier molecular flexibility index (Phi) is 3.82. The number of amides is 1. The van der Waals surface area contributed by atoms with Gasteiger partial charge in [0.05, 0.1) is 4.92 Å². The molecular formula is C15H14F3N3O4. The van der Waals surface area contributed by atoms with Crippen LogP contribution in [0.5, 0.6) is 0 Å². The van der Waals surface area contributed by atoms with Crippen molar-refractivity contribution in [1.82, 2.24) is 5.01 Å². The quantitative estimate of drug-likeness (QED) is 0.664. The molecule has 1 N–H and O–H groups in total. The fraction of sp³-hybridized carbons (Fsp3) is 0.467. The fourth-order valence-corrected chi connectivity index (χ4v) is 2.77. The molecule has 134 valence electrons. The van der Waals surface area contributed by atoms with Crippen LogP contribution < -0.4 is 0 Å². The second-order valence-electron chi connectivity index (χ2n) is 6.23. The summed E-state index contributed by atoms with van der Waals surface area (Å²) in [5, 5.41) is 24.7. The van der Waals surface area contributed by atoms with Gasteiger partial charge in [-0.05, 0) is 37.8 Å². The molecule has 25 heavy (non-hydrogen) atoms. The second kappa shape index (κ2) is 5.51. The van der Waals surface area contributed by atoms with Crippen molar-refractivity contribution in [2.75, 3.05) is 0 Å². The number of nitrogens with zero attached hydrogens (tertiary/aromatic N) is 3. The van der Waals surface area contributed by atoms with E-state index in [1.54, 1.807) is 0 Å². The topological polar surface area (TPSA) is 96.0 Å². The molecule has 1 amide bonds. The number of carbonyl (C=O) groups is 1. The van der Waals surface area contributed by atoms with E-state index < -0.39 is 29.2 Å². The van der Waals surface area contributed by atoms with Crippen LogP contribution in [0.2, 0.25) is 0 Å². The number of benzene rings is 1. The number of hydrogen-bond donors (Lipinski definition) is 1. The molecule has 0 spiro atoms. The van der Waals surface area contributed by atoms with Crippen LogP contribution >= 0.6 is 0 Å². The summed E-state index contributed by atoms with van der Waals surface area (Å²) in [5.74, 6) is -1.31. The van der Waals surface area contributed by atoms with Gasteiger partial charge in [0.25, 0.3) is 17.3 Å². The van der Waals surface area contributed by atoms with Gasteiger partial charge in [-0.1, -0.05) is 0 Å². The maximum atomic E-state index is 13.4. The van der Waals surface area contributed by atoms with Gasteiger partial charge in [-0.25, -0.2) is 0 Å². The third-order valence-corrected chi connectivity index (χ3v) is 4.34. The van der Waals surface area contributed by atoms with Gasteiger partial charge in [-0.3, -0.25) is 14.9 Å². The lowest BCUT2D eigenvalue weighted by molar-refractivity contribution is -0.385. The van der Waals surface area contributed by atoms with Gasteiger partial charge in [0.15, 0.2) is 0 Å². The second-order valence-corrected chi connectivity index (χ2v) is 6.23. The van der Waals surface area contributed by atoms with E-state index in [1.165, 1.54) is 6.92 Å². The van der Waals surface area contributed by atoms with E-state index >= 15 is 0 Å². The van der Waals surface area contributed by atoms with Gasteiger partial charge in [0.2, 0.25) is 0 Å². The largest absolute Gasteiger partial charge is 0.438 e. The number of nitro benzene ring substituents is 1. The average molecular weight is 357 g/mol. The molecule has 10 heteroatoms. The molecule has 0 aromatic heterocycles.